The second-order valence-corrected chi connectivity index (χ2v) is 5.93. The summed E-state index contributed by atoms with van der Waals surface area (Å²) >= 11 is 5.99. The molecule has 2 aromatic carbocycles. The van der Waals surface area contributed by atoms with E-state index >= 15 is 0 Å². The van der Waals surface area contributed by atoms with E-state index in [0.29, 0.717) is 27.8 Å². The number of ether oxygens (including phenoxy) is 3. The Morgan fingerprint density at radius 1 is 1.07 bits per heavy atom. The van der Waals surface area contributed by atoms with Gasteiger partial charge in [0.15, 0.2) is 6.10 Å². The van der Waals surface area contributed by atoms with Crippen LogP contribution >= 0.6 is 11.6 Å². The number of halogens is 1. The Morgan fingerprint density at radius 2 is 1.70 bits per heavy atom. The van der Waals surface area contributed by atoms with Gasteiger partial charge in [0.05, 0.1) is 24.9 Å². The van der Waals surface area contributed by atoms with Crippen molar-refractivity contribution in [3.8, 4) is 11.5 Å². The quantitative estimate of drug-likeness (QED) is 0.573. The minimum absolute atomic E-state index is 0.399. The van der Waals surface area contributed by atoms with E-state index in [1.54, 1.807) is 48.5 Å². The van der Waals surface area contributed by atoms with E-state index in [-0.39, 0.29) is 0 Å². The summed E-state index contributed by atoms with van der Waals surface area (Å²) in [4.78, 5) is 24.1. The average Bonchev–Trinajstić information content (AvgIpc) is 2.67. The molecule has 0 radical (unpaired) electrons. The lowest BCUT2D eigenvalue weighted by atomic mass is 10.2. The second kappa shape index (κ2) is 9.64. The molecule has 0 aliphatic heterocycles. The van der Waals surface area contributed by atoms with Crippen molar-refractivity contribution in [1.29, 1.82) is 0 Å². The fourth-order valence-electron chi connectivity index (χ4n) is 2.15. The minimum atomic E-state index is -0.988. The van der Waals surface area contributed by atoms with E-state index in [1.165, 1.54) is 27.2 Å². The van der Waals surface area contributed by atoms with E-state index in [9.17, 15) is 9.59 Å². The maximum atomic E-state index is 12.1. The monoisotopic (exact) mass is 389 g/mol. The fraction of sp³-hybridized carbons (Fsp3) is 0.200. The average molecular weight is 390 g/mol. The summed E-state index contributed by atoms with van der Waals surface area (Å²) in [7, 11) is 3.08. The highest BCUT2D eigenvalue weighted by molar-refractivity contribution is 6.33. The number of nitrogens with one attached hydrogen (secondary N) is 1. The van der Waals surface area contributed by atoms with Gasteiger partial charge in [-0.15, -0.1) is 0 Å². The van der Waals surface area contributed by atoms with Crippen molar-refractivity contribution in [2.24, 2.45) is 0 Å². The van der Waals surface area contributed by atoms with Crippen LogP contribution in [0.25, 0.3) is 6.08 Å². The molecule has 0 aliphatic carbocycles. The number of rotatable bonds is 7. The molecule has 1 amide bonds. The molecule has 0 unspecified atom stereocenters. The summed E-state index contributed by atoms with van der Waals surface area (Å²) in [5.41, 5.74) is 1.14. The summed E-state index contributed by atoms with van der Waals surface area (Å²) in [6.45, 7) is 1.48. The Morgan fingerprint density at radius 3 is 2.30 bits per heavy atom. The molecule has 7 heteroatoms. The van der Waals surface area contributed by atoms with Gasteiger partial charge in [0.1, 0.15) is 11.5 Å². The van der Waals surface area contributed by atoms with E-state index < -0.39 is 18.0 Å². The first-order valence-electron chi connectivity index (χ1n) is 8.10. The lowest BCUT2D eigenvalue weighted by molar-refractivity contribution is -0.148. The van der Waals surface area contributed by atoms with Gasteiger partial charge in [-0.2, -0.15) is 0 Å². The predicted octanol–water partition coefficient (Wildman–Crippen LogP) is 3.94. The largest absolute Gasteiger partial charge is 0.497 e. The first-order chi connectivity index (χ1) is 12.9. The Hall–Kier alpha value is -2.99. The Kier molecular flexibility index (Phi) is 7.25. The van der Waals surface area contributed by atoms with Gasteiger partial charge in [-0.25, -0.2) is 4.79 Å². The van der Waals surface area contributed by atoms with Crippen LogP contribution in [0.4, 0.5) is 5.69 Å². The van der Waals surface area contributed by atoms with Crippen LogP contribution in [-0.4, -0.2) is 32.2 Å². The summed E-state index contributed by atoms with van der Waals surface area (Å²) < 4.78 is 15.5. The summed E-state index contributed by atoms with van der Waals surface area (Å²) in [6.07, 6.45) is 1.79. The van der Waals surface area contributed by atoms with Gasteiger partial charge in [0, 0.05) is 12.1 Å². The van der Waals surface area contributed by atoms with Gasteiger partial charge >= 0.3 is 5.97 Å². The highest BCUT2D eigenvalue weighted by Crippen LogP contribution is 2.23. The molecule has 27 heavy (non-hydrogen) atoms. The van der Waals surface area contributed by atoms with Crippen molar-refractivity contribution in [1.82, 2.24) is 0 Å². The number of carbonyl (C=O) groups is 2. The van der Waals surface area contributed by atoms with Crippen LogP contribution in [0.3, 0.4) is 0 Å². The normalized spacial score (nSPS) is 11.7. The molecule has 2 aromatic rings. The molecule has 0 aliphatic rings. The Bertz CT molecular complexity index is 828. The van der Waals surface area contributed by atoms with Crippen LogP contribution in [0.1, 0.15) is 12.5 Å². The van der Waals surface area contributed by atoms with Crippen LogP contribution in [-0.2, 0) is 14.3 Å². The molecule has 0 fully saturated rings. The van der Waals surface area contributed by atoms with E-state index in [2.05, 4.69) is 5.32 Å². The molecular formula is C20H20ClNO5. The summed E-state index contributed by atoms with van der Waals surface area (Å²) in [5.74, 6) is 0.0520. The van der Waals surface area contributed by atoms with E-state index in [4.69, 9.17) is 25.8 Å². The summed E-state index contributed by atoms with van der Waals surface area (Å²) in [6, 6.07) is 12.0. The summed E-state index contributed by atoms with van der Waals surface area (Å²) in [5, 5.41) is 3.01. The smallest absolute Gasteiger partial charge is 0.331 e. The van der Waals surface area contributed by atoms with Crippen molar-refractivity contribution in [3.05, 3.63) is 59.1 Å². The topological polar surface area (TPSA) is 73.9 Å². The third-order valence-corrected chi connectivity index (χ3v) is 3.91. The number of hydrogen-bond donors (Lipinski definition) is 1. The fourth-order valence-corrected chi connectivity index (χ4v) is 2.34. The molecule has 0 aromatic heterocycles. The van der Waals surface area contributed by atoms with Gasteiger partial charge in [-0.3, -0.25) is 4.79 Å². The molecule has 0 spiro atoms. The van der Waals surface area contributed by atoms with Crippen molar-refractivity contribution >= 4 is 35.2 Å². The van der Waals surface area contributed by atoms with Gasteiger partial charge in [-0.05, 0) is 42.8 Å². The van der Waals surface area contributed by atoms with Gasteiger partial charge in [0.2, 0.25) is 0 Å². The van der Waals surface area contributed by atoms with Crippen LogP contribution in [0.2, 0.25) is 5.02 Å². The van der Waals surface area contributed by atoms with Crippen LogP contribution < -0.4 is 14.8 Å². The number of amides is 1. The van der Waals surface area contributed by atoms with Crippen molar-refractivity contribution in [2.45, 2.75) is 13.0 Å². The van der Waals surface area contributed by atoms with Gasteiger partial charge in [0.25, 0.3) is 5.91 Å². The molecule has 0 heterocycles. The number of para-hydroxylation sites is 1. The molecule has 0 saturated heterocycles. The van der Waals surface area contributed by atoms with Gasteiger partial charge < -0.3 is 19.5 Å². The van der Waals surface area contributed by atoms with Crippen molar-refractivity contribution < 1.29 is 23.8 Å². The molecule has 1 atom stereocenters. The number of esters is 1. The number of anilines is 1. The van der Waals surface area contributed by atoms with E-state index in [0.717, 1.165) is 0 Å². The highest BCUT2D eigenvalue weighted by Gasteiger charge is 2.17. The number of hydrogen-bond acceptors (Lipinski definition) is 5. The van der Waals surface area contributed by atoms with Crippen LogP contribution in [0.5, 0.6) is 11.5 Å². The van der Waals surface area contributed by atoms with Crippen LogP contribution in [0, 0.1) is 0 Å². The number of benzene rings is 2. The Labute approximate surface area is 162 Å². The predicted molar refractivity (Wildman–Crippen MR) is 104 cm³/mol. The SMILES string of the molecule is COc1cc(/C=C/C(=O)O[C@H](C)C(=O)Nc2ccccc2Cl)cc(OC)c1. The Balaban J connectivity index is 1.97. The van der Waals surface area contributed by atoms with Crippen molar-refractivity contribution in [3.63, 3.8) is 0 Å². The minimum Gasteiger partial charge on any atom is -0.497 e. The standard InChI is InChI=1S/C20H20ClNO5/c1-13(20(24)22-18-7-5-4-6-17(18)21)27-19(23)9-8-14-10-15(25-2)12-16(11-14)26-3/h4-13H,1-3H3,(H,22,24)/b9-8+/t13-/m1/s1. The lowest BCUT2D eigenvalue weighted by Crippen LogP contribution is -2.29. The molecule has 142 valence electrons. The first kappa shape index (κ1) is 20.3. The van der Waals surface area contributed by atoms with E-state index in [1.807, 2.05) is 0 Å². The maximum Gasteiger partial charge on any atom is 0.331 e. The zero-order chi connectivity index (χ0) is 19.8. The second-order valence-electron chi connectivity index (χ2n) is 5.53. The third-order valence-electron chi connectivity index (χ3n) is 3.58. The molecule has 2 rings (SSSR count). The first-order valence-corrected chi connectivity index (χ1v) is 8.48. The zero-order valence-corrected chi connectivity index (χ0v) is 15.9. The van der Waals surface area contributed by atoms with Gasteiger partial charge in [-0.1, -0.05) is 23.7 Å². The van der Waals surface area contributed by atoms with Crippen LogP contribution in [0.15, 0.2) is 48.5 Å². The van der Waals surface area contributed by atoms with Crippen molar-refractivity contribution in [2.75, 3.05) is 19.5 Å². The number of carbonyl (C=O) groups excluding carboxylic acids is 2. The molecule has 1 N–H and O–H groups in total. The molecule has 0 bridgehead atoms. The lowest BCUT2D eigenvalue weighted by Gasteiger charge is -2.13. The highest BCUT2D eigenvalue weighted by atomic mass is 35.5. The maximum absolute atomic E-state index is 12.1. The molecular weight excluding hydrogens is 370 g/mol. The molecule has 6 nitrogen and oxygen atoms in total. The number of methoxy groups -OCH3 is 2. The molecule has 0 saturated carbocycles. The third kappa shape index (κ3) is 6.04. The zero-order valence-electron chi connectivity index (χ0n) is 15.2.